The highest BCUT2D eigenvalue weighted by Gasteiger charge is 2.41. The lowest BCUT2D eigenvalue weighted by atomic mass is 9.77. The van der Waals surface area contributed by atoms with Gasteiger partial charge in [-0.3, -0.25) is 9.78 Å². The largest absolute Gasteiger partial charge is 0.481 e. The van der Waals surface area contributed by atoms with E-state index in [1.54, 1.807) is 12.4 Å². The summed E-state index contributed by atoms with van der Waals surface area (Å²) in [5, 5.41) is 9.50. The smallest absolute Gasteiger partial charge is 0.311 e. The maximum atomic E-state index is 11.6. The summed E-state index contributed by atoms with van der Waals surface area (Å²) in [4.78, 5) is 22.1. The van der Waals surface area contributed by atoms with Gasteiger partial charge in [0.25, 0.3) is 0 Å². The van der Waals surface area contributed by atoms with Gasteiger partial charge in [-0.1, -0.05) is 6.92 Å². The average molecular weight is 279 g/mol. The van der Waals surface area contributed by atoms with Crippen molar-refractivity contribution in [1.29, 1.82) is 0 Å². The predicted octanol–water partition coefficient (Wildman–Crippen LogP) is 1.96. The van der Waals surface area contributed by atoms with Crippen molar-refractivity contribution in [2.75, 3.05) is 24.6 Å². The Bertz CT molecular complexity index is 480. The summed E-state index contributed by atoms with van der Waals surface area (Å²) in [5.41, 5.74) is -0.679. The maximum Gasteiger partial charge on any atom is 0.311 e. The monoisotopic (exact) mass is 279 g/mol. The van der Waals surface area contributed by atoms with Gasteiger partial charge in [-0.15, -0.1) is 0 Å². The zero-order chi connectivity index (χ0) is 14.6. The second kappa shape index (κ2) is 6.07. The molecule has 1 aliphatic heterocycles. The van der Waals surface area contributed by atoms with Crippen molar-refractivity contribution in [3.8, 4) is 5.88 Å². The summed E-state index contributed by atoms with van der Waals surface area (Å²) < 4.78 is 5.35. The zero-order valence-corrected chi connectivity index (χ0v) is 12.0. The molecule has 110 valence electrons. The van der Waals surface area contributed by atoms with Crippen LogP contribution in [0.2, 0.25) is 0 Å². The Morgan fingerprint density at radius 1 is 1.50 bits per heavy atom. The molecule has 20 heavy (non-hydrogen) atoms. The molecule has 1 unspecified atom stereocenters. The van der Waals surface area contributed by atoms with Crippen molar-refractivity contribution in [3.63, 3.8) is 0 Å². The molecule has 1 atom stereocenters. The Labute approximate surface area is 118 Å². The Hall–Kier alpha value is -1.85. The topological polar surface area (TPSA) is 75.5 Å². The van der Waals surface area contributed by atoms with Crippen LogP contribution in [0.15, 0.2) is 12.4 Å². The Morgan fingerprint density at radius 3 is 2.95 bits per heavy atom. The lowest BCUT2D eigenvalue weighted by Crippen LogP contribution is -2.48. The molecule has 2 heterocycles. The molecule has 0 aromatic carbocycles. The van der Waals surface area contributed by atoms with Gasteiger partial charge >= 0.3 is 5.97 Å². The van der Waals surface area contributed by atoms with Gasteiger partial charge in [0.05, 0.1) is 24.4 Å². The second-order valence-electron chi connectivity index (χ2n) is 5.11. The first-order valence-electron chi connectivity index (χ1n) is 7.04. The van der Waals surface area contributed by atoms with Gasteiger partial charge < -0.3 is 14.7 Å². The SMILES string of the molecule is CCOc1cncc(N2CCCC(CC)(C(=O)O)C2)n1. The molecular weight excluding hydrogens is 258 g/mol. The van der Waals surface area contributed by atoms with Crippen LogP contribution in [0, 0.1) is 5.41 Å². The van der Waals surface area contributed by atoms with Crippen LogP contribution in [0.4, 0.5) is 5.82 Å². The van der Waals surface area contributed by atoms with Crippen LogP contribution in [-0.4, -0.2) is 40.7 Å². The van der Waals surface area contributed by atoms with Crippen LogP contribution in [-0.2, 0) is 4.79 Å². The van der Waals surface area contributed by atoms with Gasteiger partial charge in [-0.05, 0) is 26.2 Å². The van der Waals surface area contributed by atoms with Crippen LogP contribution in [0.5, 0.6) is 5.88 Å². The molecule has 1 aliphatic rings. The van der Waals surface area contributed by atoms with E-state index in [1.807, 2.05) is 18.7 Å². The highest BCUT2D eigenvalue weighted by atomic mass is 16.5. The highest BCUT2D eigenvalue weighted by molar-refractivity contribution is 5.75. The van der Waals surface area contributed by atoms with Crippen molar-refractivity contribution in [3.05, 3.63) is 12.4 Å². The van der Waals surface area contributed by atoms with E-state index in [-0.39, 0.29) is 0 Å². The summed E-state index contributed by atoms with van der Waals surface area (Å²) in [6, 6.07) is 0. The van der Waals surface area contributed by atoms with Crippen LogP contribution >= 0.6 is 0 Å². The minimum absolute atomic E-state index is 0.475. The van der Waals surface area contributed by atoms with E-state index in [4.69, 9.17) is 4.74 Å². The van der Waals surface area contributed by atoms with Crippen molar-refractivity contribution >= 4 is 11.8 Å². The molecule has 6 heteroatoms. The van der Waals surface area contributed by atoms with Crippen LogP contribution in [0.25, 0.3) is 0 Å². The fraction of sp³-hybridized carbons (Fsp3) is 0.643. The predicted molar refractivity (Wildman–Crippen MR) is 75.0 cm³/mol. The fourth-order valence-corrected chi connectivity index (χ4v) is 2.65. The molecule has 0 amide bonds. The lowest BCUT2D eigenvalue weighted by molar-refractivity contribution is -0.149. The Morgan fingerprint density at radius 2 is 2.30 bits per heavy atom. The summed E-state index contributed by atoms with van der Waals surface area (Å²) >= 11 is 0. The summed E-state index contributed by atoms with van der Waals surface area (Å²) in [6.45, 7) is 5.64. The third-order valence-electron chi connectivity index (χ3n) is 3.92. The zero-order valence-electron chi connectivity index (χ0n) is 12.0. The van der Waals surface area contributed by atoms with Gasteiger partial charge in [0.15, 0.2) is 5.82 Å². The molecule has 1 N–H and O–H groups in total. The van der Waals surface area contributed by atoms with E-state index in [0.717, 1.165) is 13.0 Å². The maximum absolute atomic E-state index is 11.6. The fourth-order valence-electron chi connectivity index (χ4n) is 2.65. The van der Waals surface area contributed by atoms with Crippen molar-refractivity contribution < 1.29 is 14.6 Å². The molecule has 0 bridgehead atoms. The van der Waals surface area contributed by atoms with Gasteiger partial charge in [0.1, 0.15) is 0 Å². The van der Waals surface area contributed by atoms with Gasteiger partial charge in [-0.25, -0.2) is 0 Å². The van der Waals surface area contributed by atoms with Crippen molar-refractivity contribution in [2.45, 2.75) is 33.1 Å². The van der Waals surface area contributed by atoms with Crippen molar-refractivity contribution in [2.24, 2.45) is 5.41 Å². The molecule has 0 spiro atoms. The number of carbonyl (C=O) groups is 1. The van der Waals surface area contributed by atoms with Crippen molar-refractivity contribution in [1.82, 2.24) is 9.97 Å². The molecule has 1 fully saturated rings. The van der Waals surface area contributed by atoms with Crippen LogP contribution < -0.4 is 9.64 Å². The molecule has 1 aromatic rings. The molecule has 1 saturated heterocycles. The molecule has 1 aromatic heterocycles. The molecule has 0 radical (unpaired) electrons. The van der Waals surface area contributed by atoms with E-state index in [9.17, 15) is 9.90 Å². The number of piperidine rings is 1. The number of nitrogens with zero attached hydrogens (tertiary/aromatic N) is 3. The number of aromatic nitrogens is 2. The number of ether oxygens (including phenoxy) is 1. The number of hydrogen-bond acceptors (Lipinski definition) is 5. The first-order valence-corrected chi connectivity index (χ1v) is 7.04. The number of hydrogen-bond donors (Lipinski definition) is 1. The highest BCUT2D eigenvalue weighted by Crippen LogP contribution is 2.35. The summed E-state index contributed by atoms with van der Waals surface area (Å²) in [7, 11) is 0. The number of carboxylic acids is 1. The molecule has 6 nitrogen and oxygen atoms in total. The molecule has 0 saturated carbocycles. The number of aliphatic carboxylic acids is 1. The lowest BCUT2D eigenvalue weighted by Gasteiger charge is -2.39. The first kappa shape index (κ1) is 14.6. The normalized spacial score (nSPS) is 22.6. The van der Waals surface area contributed by atoms with Gasteiger partial charge in [0.2, 0.25) is 5.88 Å². The molecular formula is C14H21N3O3. The van der Waals surface area contributed by atoms with E-state index in [2.05, 4.69) is 9.97 Å². The minimum Gasteiger partial charge on any atom is -0.481 e. The summed E-state index contributed by atoms with van der Waals surface area (Å²) in [5.74, 6) is 0.446. The van der Waals surface area contributed by atoms with E-state index in [1.165, 1.54) is 0 Å². The standard InChI is InChI=1S/C14H21N3O3/c1-3-14(13(18)19)6-5-7-17(10-14)11-8-15-9-12(16-11)20-4-2/h8-9H,3-7,10H2,1-2H3,(H,18,19). The Kier molecular flexibility index (Phi) is 4.42. The van der Waals surface area contributed by atoms with Gasteiger partial charge in [0, 0.05) is 13.1 Å². The first-order chi connectivity index (χ1) is 9.61. The average Bonchev–Trinajstić information content (AvgIpc) is 2.48. The Balaban J connectivity index is 2.20. The third-order valence-corrected chi connectivity index (χ3v) is 3.92. The number of anilines is 1. The molecule has 2 rings (SSSR count). The second-order valence-corrected chi connectivity index (χ2v) is 5.11. The summed E-state index contributed by atoms with van der Waals surface area (Å²) in [6.07, 6.45) is 5.42. The number of rotatable bonds is 5. The minimum atomic E-state index is -0.723. The van der Waals surface area contributed by atoms with Crippen LogP contribution in [0.1, 0.15) is 33.1 Å². The number of carboxylic acid groups (broad SMARTS) is 1. The van der Waals surface area contributed by atoms with Crippen LogP contribution in [0.3, 0.4) is 0 Å². The third kappa shape index (κ3) is 2.84. The van der Waals surface area contributed by atoms with E-state index in [0.29, 0.717) is 37.7 Å². The van der Waals surface area contributed by atoms with E-state index >= 15 is 0 Å². The quantitative estimate of drug-likeness (QED) is 0.888. The van der Waals surface area contributed by atoms with E-state index < -0.39 is 11.4 Å². The molecule has 0 aliphatic carbocycles. The van der Waals surface area contributed by atoms with Gasteiger partial charge in [-0.2, -0.15) is 4.98 Å².